The minimum absolute atomic E-state index is 0.106. The average molecular weight is 449 g/mol. The lowest BCUT2D eigenvalue weighted by molar-refractivity contribution is -0.116. The molecule has 0 saturated carbocycles. The third kappa shape index (κ3) is 4.34. The van der Waals surface area contributed by atoms with Crippen molar-refractivity contribution >= 4 is 39.0 Å². The summed E-state index contributed by atoms with van der Waals surface area (Å²) in [6, 6.07) is 10.1. The maximum Gasteiger partial charge on any atom is 0.246 e. The van der Waals surface area contributed by atoms with Crippen LogP contribution in [0.4, 0.5) is 15.9 Å². The molecule has 1 aromatic heterocycles. The normalized spacial score (nSPS) is 11.5. The predicted molar refractivity (Wildman–Crippen MR) is 115 cm³/mol. The Balaban J connectivity index is 1.92. The van der Waals surface area contributed by atoms with Crippen molar-refractivity contribution in [3.05, 3.63) is 59.4 Å². The van der Waals surface area contributed by atoms with Crippen LogP contribution < -0.4 is 11.1 Å². The van der Waals surface area contributed by atoms with Crippen molar-refractivity contribution in [2.24, 2.45) is 0 Å². The number of benzene rings is 2. The number of rotatable bonds is 6. The topological polar surface area (TPSA) is 107 Å². The number of hydrogen-bond acceptors (Lipinski definition) is 6. The summed E-state index contributed by atoms with van der Waals surface area (Å²) in [5, 5.41) is 7.16. The first kappa shape index (κ1) is 21.8. The monoisotopic (exact) mass is 448 g/mol. The molecule has 1 heterocycles. The van der Waals surface area contributed by atoms with Crippen LogP contribution in [0.2, 0.25) is 0 Å². The van der Waals surface area contributed by atoms with Gasteiger partial charge in [-0.3, -0.25) is 4.79 Å². The Kier molecular flexibility index (Phi) is 6.18. The van der Waals surface area contributed by atoms with Crippen molar-refractivity contribution < 1.29 is 17.6 Å². The standard InChI is InChI=1S/C20H21FN4O3S2/c1-12-4-5-13(2)16(10-12)23-17(26)11-25-19(22)18(20(24-25)29-3)30(27,28)15-8-6-14(21)7-9-15/h4-10H,11,22H2,1-3H3,(H,23,26). The molecule has 30 heavy (non-hydrogen) atoms. The quantitative estimate of drug-likeness (QED) is 0.442. The number of halogens is 1. The van der Waals surface area contributed by atoms with Crippen molar-refractivity contribution in [1.82, 2.24) is 9.78 Å². The molecule has 3 aromatic rings. The Hall–Kier alpha value is -2.85. The molecule has 158 valence electrons. The number of aryl methyl sites for hydroxylation is 2. The number of sulfone groups is 1. The molecular formula is C20H21FN4O3S2. The van der Waals surface area contributed by atoms with Crippen LogP contribution in [0, 0.1) is 19.7 Å². The first-order chi connectivity index (χ1) is 14.1. The third-order valence-electron chi connectivity index (χ3n) is 4.46. The van der Waals surface area contributed by atoms with Crippen molar-refractivity contribution in [2.45, 2.75) is 35.2 Å². The van der Waals surface area contributed by atoms with Gasteiger partial charge in [0, 0.05) is 5.69 Å². The van der Waals surface area contributed by atoms with Crippen LogP contribution in [0.15, 0.2) is 57.3 Å². The number of nitrogen functional groups attached to an aromatic ring is 1. The fraction of sp³-hybridized carbons (Fsp3) is 0.200. The Morgan fingerprint density at radius 2 is 1.87 bits per heavy atom. The number of thioether (sulfide) groups is 1. The molecule has 3 N–H and O–H groups in total. The van der Waals surface area contributed by atoms with E-state index in [4.69, 9.17) is 5.73 Å². The number of nitrogens with zero attached hydrogens (tertiary/aromatic N) is 2. The summed E-state index contributed by atoms with van der Waals surface area (Å²) in [6.45, 7) is 3.53. The molecule has 0 atom stereocenters. The molecule has 0 aliphatic heterocycles. The van der Waals surface area contributed by atoms with Crippen molar-refractivity contribution in [1.29, 1.82) is 0 Å². The van der Waals surface area contributed by atoms with Crippen LogP contribution in [0.5, 0.6) is 0 Å². The molecule has 0 aliphatic carbocycles. The van der Waals surface area contributed by atoms with E-state index in [0.717, 1.165) is 39.7 Å². The third-order valence-corrected chi connectivity index (χ3v) is 7.10. The fourth-order valence-corrected chi connectivity index (χ4v) is 5.30. The number of anilines is 2. The molecule has 0 spiro atoms. The summed E-state index contributed by atoms with van der Waals surface area (Å²) in [7, 11) is -4.04. The summed E-state index contributed by atoms with van der Waals surface area (Å²) < 4.78 is 40.4. The van der Waals surface area contributed by atoms with Crippen LogP contribution >= 0.6 is 11.8 Å². The molecule has 0 saturated heterocycles. The second-order valence-corrected chi connectivity index (χ2v) is 9.39. The van der Waals surface area contributed by atoms with Crippen molar-refractivity contribution in [3.63, 3.8) is 0 Å². The molecule has 0 radical (unpaired) electrons. The van der Waals surface area contributed by atoms with Gasteiger partial charge in [-0.25, -0.2) is 17.5 Å². The first-order valence-electron chi connectivity index (χ1n) is 8.91. The molecule has 0 aliphatic rings. The fourth-order valence-electron chi connectivity index (χ4n) is 2.87. The highest BCUT2D eigenvalue weighted by Crippen LogP contribution is 2.34. The zero-order valence-corrected chi connectivity index (χ0v) is 18.3. The number of carbonyl (C=O) groups excluding carboxylic acids is 1. The molecule has 0 fully saturated rings. The van der Waals surface area contributed by atoms with Crippen LogP contribution in [0.1, 0.15) is 11.1 Å². The van der Waals surface area contributed by atoms with Crippen LogP contribution in [0.3, 0.4) is 0 Å². The zero-order chi connectivity index (χ0) is 22.1. The van der Waals surface area contributed by atoms with Gasteiger partial charge in [-0.15, -0.1) is 11.8 Å². The lowest BCUT2D eigenvalue weighted by Crippen LogP contribution is -2.21. The van der Waals surface area contributed by atoms with E-state index in [1.165, 1.54) is 12.1 Å². The second kappa shape index (κ2) is 8.49. The van der Waals surface area contributed by atoms with Crippen molar-refractivity contribution in [2.75, 3.05) is 17.3 Å². The molecule has 3 rings (SSSR count). The Bertz CT molecular complexity index is 1210. The van der Waals surface area contributed by atoms with Gasteiger partial charge in [0.2, 0.25) is 15.7 Å². The highest BCUT2D eigenvalue weighted by molar-refractivity contribution is 7.99. The largest absolute Gasteiger partial charge is 0.383 e. The molecule has 0 unspecified atom stereocenters. The number of nitrogens with two attached hydrogens (primary N) is 1. The Morgan fingerprint density at radius 3 is 2.50 bits per heavy atom. The number of hydrogen-bond donors (Lipinski definition) is 2. The summed E-state index contributed by atoms with van der Waals surface area (Å²) in [5.74, 6) is -1.10. The highest BCUT2D eigenvalue weighted by Gasteiger charge is 2.29. The molecule has 10 heteroatoms. The minimum Gasteiger partial charge on any atom is -0.383 e. The molecular weight excluding hydrogens is 427 g/mol. The van der Waals surface area contributed by atoms with Crippen molar-refractivity contribution in [3.8, 4) is 0 Å². The molecule has 0 bridgehead atoms. The summed E-state index contributed by atoms with van der Waals surface area (Å²) in [4.78, 5) is 12.2. The molecule has 7 nitrogen and oxygen atoms in total. The molecule has 2 aromatic carbocycles. The lowest BCUT2D eigenvalue weighted by atomic mass is 10.1. The number of amides is 1. The van der Waals surface area contributed by atoms with E-state index in [-0.39, 0.29) is 27.2 Å². The Labute approximate surface area is 178 Å². The second-order valence-electron chi connectivity index (χ2n) is 6.71. The van der Waals surface area contributed by atoms with E-state index in [9.17, 15) is 17.6 Å². The first-order valence-corrected chi connectivity index (χ1v) is 11.6. The van der Waals surface area contributed by atoms with Gasteiger partial charge in [-0.05, 0) is 61.6 Å². The maximum atomic E-state index is 13.2. The number of nitrogens with one attached hydrogen (secondary N) is 1. The van der Waals surface area contributed by atoms with Crippen LogP contribution in [-0.2, 0) is 21.2 Å². The van der Waals surface area contributed by atoms with E-state index in [0.29, 0.717) is 5.69 Å². The number of aromatic nitrogens is 2. The van der Waals surface area contributed by atoms with Gasteiger partial charge in [0.25, 0.3) is 0 Å². The van der Waals surface area contributed by atoms with E-state index in [1.807, 2.05) is 32.0 Å². The summed E-state index contributed by atoms with van der Waals surface area (Å²) in [5.41, 5.74) is 8.63. The van der Waals surface area contributed by atoms with Gasteiger partial charge in [0.1, 0.15) is 28.1 Å². The molecule has 1 amide bonds. The van der Waals surface area contributed by atoms with Gasteiger partial charge in [-0.2, -0.15) is 5.10 Å². The highest BCUT2D eigenvalue weighted by atomic mass is 32.2. The lowest BCUT2D eigenvalue weighted by Gasteiger charge is -2.10. The van der Waals surface area contributed by atoms with Gasteiger partial charge >= 0.3 is 0 Å². The SMILES string of the molecule is CSc1nn(CC(=O)Nc2cc(C)ccc2C)c(N)c1S(=O)(=O)c1ccc(F)cc1. The van der Waals surface area contributed by atoms with Crippen LogP contribution in [-0.4, -0.2) is 30.4 Å². The Morgan fingerprint density at radius 1 is 1.20 bits per heavy atom. The minimum atomic E-state index is -4.04. The van der Waals surface area contributed by atoms with E-state index < -0.39 is 21.6 Å². The smallest absolute Gasteiger partial charge is 0.246 e. The van der Waals surface area contributed by atoms with Gasteiger partial charge in [-0.1, -0.05) is 12.1 Å². The van der Waals surface area contributed by atoms with Crippen LogP contribution in [0.25, 0.3) is 0 Å². The average Bonchev–Trinajstić information content (AvgIpc) is 3.01. The van der Waals surface area contributed by atoms with Gasteiger partial charge in [0.05, 0.1) is 4.90 Å². The van der Waals surface area contributed by atoms with Gasteiger partial charge < -0.3 is 11.1 Å². The maximum absolute atomic E-state index is 13.2. The number of carbonyl (C=O) groups is 1. The van der Waals surface area contributed by atoms with E-state index in [1.54, 1.807) is 6.26 Å². The van der Waals surface area contributed by atoms with E-state index in [2.05, 4.69) is 10.4 Å². The zero-order valence-electron chi connectivity index (χ0n) is 16.6. The summed E-state index contributed by atoms with van der Waals surface area (Å²) >= 11 is 1.09. The van der Waals surface area contributed by atoms with E-state index >= 15 is 0 Å². The predicted octanol–water partition coefficient (Wildman–Crippen LogP) is 3.41. The van der Waals surface area contributed by atoms with Gasteiger partial charge in [0.15, 0.2) is 0 Å². The summed E-state index contributed by atoms with van der Waals surface area (Å²) in [6.07, 6.45) is 1.66.